The van der Waals surface area contributed by atoms with E-state index in [1.165, 1.54) is 25.3 Å². The number of rotatable bonds is 7. The molecule has 0 saturated heterocycles. The molecule has 0 spiro atoms. The molecule has 1 amide bonds. The Hall–Kier alpha value is -4.18. The summed E-state index contributed by atoms with van der Waals surface area (Å²) in [6, 6.07) is 9.78. The fourth-order valence-corrected chi connectivity index (χ4v) is 3.97. The number of aromatic nitrogens is 2. The molecule has 10 heteroatoms. The molecule has 0 bridgehead atoms. The summed E-state index contributed by atoms with van der Waals surface area (Å²) < 4.78 is 58.0. The molecular formula is C26H22F4N5O+. The van der Waals surface area contributed by atoms with Crippen LogP contribution in [0, 0.1) is 36.0 Å². The summed E-state index contributed by atoms with van der Waals surface area (Å²) in [4.78, 5) is 13.3. The van der Waals surface area contributed by atoms with Crippen LogP contribution in [-0.4, -0.2) is 46.5 Å². The normalized spacial score (nSPS) is 16.0. The molecule has 1 unspecified atom stereocenters. The molecule has 1 aliphatic heterocycles. The molecule has 0 aliphatic carbocycles. The van der Waals surface area contributed by atoms with Gasteiger partial charge in [0.15, 0.2) is 0 Å². The summed E-state index contributed by atoms with van der Waals surface area (Å²) in [6.45, 7) is 2.25. The van der Waals surface area contributed by atoms with Gasteiger partial charge in [-0.25, -0.2) is 22.1 Å². The maximum atomic E-state index is 15.1. The smallest absolute Gasteiger partial charge is 0.274 e. The Balaban J connectivity index is 1.68. The zero-order valence-corrected chi connectivity index (χ0v) is 19.5. The molecule has 184 valence electrons. The van der Waals surface area contributed by atoms with Crippen LogP contribution in [0.1, 0.15) is 53.7 Å². The first-order valence-corrected chi connectivity index (χ1v) is 11.2. The van der Waals surface area contributed by atoms with Gasteiger partial charge in [0, 0.05) is 30.0 Å². The number of carbonyl (C=O) groups is 1. The second-order valence-corrected chi connectivity index (χ2v) is 8.49. The van der Waals surface area contributed by atoms with Crippen LogP contribution in [0.3, 0.4) is 0 Å². The maximum absolute atomic E-state index is 15.1. The zero-order valence-electron chi connectivity index (χ0n) is 19.5. The zero-order chi connectivity index (χ0) is 25.8. The highest BCUT2D eigenvalue weighted by Crippen LogP contribution is 2.30. The van der Waals surface area contributed by atoms with Crippen molar-refractivity contribution in [1.82, 2.24) is 15.5 Å². The van der Waals surface area contributed by atoms with Crippen LogP contribution in [0.5, 0.6) is 0 Å². The van der Waals surface area contributed by atoms with E-state index in [0.29, 0.717) is 6.42 Å². The third-order valence-electron chi connectivity index (χ3n) is 5.98. The third-order valence-corrected chi connectivity index (χ3v) is 5.98. The molecular weight excluding hydrogens is 474 g/mol. The Labute approximate surface area is 206 Å². The van der Waals surface area contributed by atoms with E-state index in [2.05, 4.69) is 49.8 Å². The first-order valence-electron chi connectivity index (χ1n) is 11.2. The number of hydrogen-bond acceptors (Lipinski definition) is 4. The van der Waals surface area contributed by atoms with Gasteiger partial charge in [-0.3, -0.25) is 4.79 Å². The molecule has 36 heavy (non-hydrogen) atoms. The van der Waals surface area contributed by atoms with Gasteiger partial charge in [-0.2, -0.15) is 0 Å². The number of carbonyl (C=O) groups excluding carboxylic acids is 1. The number of halogens is 4. The molecule has 2 atom stereocenters. The number of nitrogens with one attached hydrogen (secondary N) is 2. The van der Waals surface area contributed by atoms with Crippen molar-refractivity contribution >= 4 is 17.8 Å². The summed E-state index contributed by atoms with van der Waals surface area (Å²) in [5.41, 5.74) is -0.464. The standard InChI is InChI=1S/C26H21F4N5O/c1-15(18-4-3-5-19(24(18)28)25(29)30)33-26(36)21-12-20(16-6-9-31-32-14-16)22(27)13-23(21)34-17-7-10-35(2)11-8-17/h4,10,12-15,17,25H,7-8,11H2,1-2H3,(H-,31,33,34,36)/p+1/t15-,17?/m1/s1. The minimum atomic E-state index is -3.08. The van der Waals surface area contributed by atoms with Gasteiger partial charge in [0.25, 0.3) is 12.3 Å². The summed E-state index contributed by atoms with van der Waals surface area (Å²) in [5, 5.41) is 13.0. The molecule has 3 aromatic rings. The van der Waals surface area contributed by atoms with Crippen molar-refractivity contribution in [3.8, 4) is 11.1 Å². The maximum Gasteiger partial charge on any atom is 0.274 e. The van der Waals surface area contributed by atoms with Crippen molar-refractivity contribution in [2.75, 3.05) is 18.9 Å². The van der Waals surface area contributed by atoms with Gasteiger partial charge in [0.05, 0.1) is 35.2 Å². The Kier molecular flexibility index (Phi) is 7.35. The molecule has 6 nitrogen and oxygen atoms in total. The van der Waals surface area contributed by atoms with Gasteiger partial charge >= 0.3 is 0 Å². The number of benzene rings is 1. The quantitative estimate of drug-likeness (QED) is 0.377. The fourth-order valence-electron chi connectivity index (χ4n) is 3.97. The van der Waals surface area contributed by atoms with E-state index in [0.717, 1.165) is 19.0 Å². The number of nitrogens with zero attached hydrogens (tertiary/aromatic N) is 3. The van der Waals surface area contributed by atoms with Crippen molar-refractivity contribution in [2.45, 2.75) is 38.3 Å². The predicted octanol–water partition coefficient (Wildman–Crippen LogP) is 4.34. The average molecular weight is 496 g/mol. The van der Waals surface area contributed by atoms with E-state index >= 15 is 4.39 Å². The Bertz CT molecular complexity index is 1280. The SMILES string of the molecule is C[C@@H](NC(=O)c1cc(-c2c#cnnc2)c(F)cc1NC1CC=[N+](C)CC1)c1cc#cc(C(F)F)c1F. The molecule has 1 aromatic heterocycles. The van der Waals surface area contributed by atoms with E-state index < -0.39 is 35.6 Å². The van der Waals surface area contributed by atoms with Crippen LogP contribution in [0.4, 0.5) is 23.2 Å². The second kappa shape index (κ2) is 10.6. The van der Waals surface area contributed by atoms with Gasteiger partial charge in [0.2, 0.25) is 0 Å². The van der Waals surface area contributed by atoms with Gasteiger partial charge in [-0.1, -0.05) is 17.2 Å². The van der Waals surface area contributed by atoms with Crippen molar-refractivity contribution in [3.05, 3.63) is 77.1 Å². The summed E-state index contributed by atoms with van der Waals surface area (Å²) in [5.74, 6) is -2.43. The molecule has 2 aromatic carbocycles. The minimum Gasteiger partial charge on any atom is -0.381 e. The van der Waals surface area contributed by atoms with Crippen LogP contribution in [0.15, 0.2) is 24.4 Å². The average Bonchev–Trinajstić information content (AvgIpc) is 2.86. The molecule has 0 radical (unpaired) electrons. The Morgan fingerprint density at radius 3 is 2.72 bits per heavy atom. The first-order chi connectivity index (χ1) is 17.2. The lowest BCUT2D eigenvalue weighted by atomic mass is 10.00. The van der Waals surface area contributed by atoms with Crippen LogP contribution in [0.25, 0.3) is 11.1 Å². The third kappa shape index (κ3) is 5.38. The van der Waals surface area contributed by atoms with Gasteiger partial charge < -0.3 is 10.6 Å². The molecule has 1 aliphatic rings. The van der Waals surface area contributed by atoms with Gasteiger partial charge in [-0.05, 0) is 31.2 Å². The minimum absolute atomic E-state index is 0.0387. The number of hydrogen-bond donors (Lipinski definition) is 2. The van der Waals surface area contributed by atoms with Crippen molar-refractivity contribution in [2.24, 2.45) is 0 Å². The van der Waals surface area contributed by atoms with Crippen molar-refractivity contribution in [1.29, 1.82) is 0 Å². The van der Waals surface area contributed by atoms with E-state index in [9.17, 15) is 18.0 Å². The van der Waals surface area contributed by atoms with E-state index in [1.54, 1.807) is 0 Å². The first kappa shape index (κ1) is 24.9. The van der Waals surface area contributed by atoms with Crippen LogP contribution >= 0.6 is 0 Å². The van der Waals surface area contributed by atoms with E-state index in [-0.39, 0.29) is 34.0 Å². The lowest BCUT2D eigenvalue weighted by molar-refractivity contribution is -0.498. The van der Waals surface area contributed by atoms with Crippen LogP contribution in [0.2, 0.25) is 0 Å². The molecule has 2 heterocycles. The Morgan fingerprint density at radius 2 is 2.06 bits per heavy atom. The van der Waals surface area contributed by atoms with E-state index in [1.807, 2.05) is 13.3 Å². The van der Waals surface area contributed by atoms with Crippen LogP contribution in [-0.2, 0) is 0 Å². The summed E-state index contributed by atoms with van der Waals surface area (Å²) in [7, 11) is 1.96. The number of amides is 1. The lowest BCUT2D eigenvalue weighted by Gasteiger charge is -2.23. The lowest BCUT2D eigenvalue weighted by Crippen LogP contribution is -2.32. The molecule has 2 N–H and O–H groups in total. The second-order valence-electron chi connectivity index (χ2n) is 8.49. The number of alkyl halides is 2. The summed E-state index contributed by atoms with van der Waals surface area (Å²) in [6.07, 6.45) is 4.07. The van der Waals surface area contributed by atoms with Gasteiger partial charge in [-0.15, -0.1) is 5.10 Å². The predicted molar refractivity (Wildman–Crippen MR) is 124 cm³/mol. The molecule has 0 fully saturated rings. The van der Waals surface area contributed by atoms with Gasteiger partial charge in [0.1, 0.15) is 37.0 Å². The fraction of sp³-hybridized carbons (Fsp3) is 0.308. The van der Waals surface area contributed by atoms with Crippen molar-refractivity contribution in [3.63, 3.8) is 0 Å². The largest absolute Gasteiger partial charge is 0.381 e. The number of anilines is 1. The van der Waals surface area contributed by atoms with E-state index in [4.69, 9.17) is 0 Å². The summed E-state index contributed by atoms with van der Waals surface area (Å²) >= 11 is 0. The highest BCUT2D eigenvalue weighted by atomic mass is 19.3. The monoisotopic (exact) mass is 496 g/mol. The highest BCUT2D eigenvalue weighted by molar-refractivity contribution is 6.01. The highest BCUT2D eigenvalue weighted by Gasteiger charge is 2.25. The molecule has 4 rings (SSSR count). The van der Waals surface area contributed by atoms with Crippen LogP contribution < -0.4 is 10.6 Å². The molecule has 0 saturated carbocycles. The Morgan fingerprint density at radius 1 is 1.25 bits per heavy atom. The van der Waals surface area contributed by atoms with Crippen molar-refractivity contribution < 1.29 is 26.9 Å². The topological polar surface area (TPSA) is 69.9 Å².